The Morgan fingerprint density at radius 3 is 2.76 bits per heavy atom. The van der Waals surface area contributed by atoms with E-state index in [1.165, 1.54) is 0 Å². The van der Waals surface area contributed by atoms with Crippen LogP contribution in [0.2, 0.25) is 0 Å². The van der Waals surface area contributed by atoms with Crippen LogP contribution < -0.4 is 5.32 Å². The van der Waals surface area contributed by atoms with E-state index in [9.17, 15) is 4.79 Å². The van der Waals surface area contributed by atoms with Crippen LogP contribution in [-0.2, 0) is 24.3 Å². The number of piperazine rings is 1. The summed E-state index contributed by atoms with van der Waals surface area (Å²) in [4.78, 5) is 21.1. The molecule has 0 aromatic carbocycles. The lowest BCUT2D eigenvalue weighted by Gasteiger charge is -2.34. The van der Waals surface area contributed by atoms with E-state index in [0.717, 1.165) is 57.3 Å². The lowest BCUT2D eigenvalue weighted by Crippen LogP contribution is -2.49. The van der Waals surface area contributed by atoms with Gasteiger partial charge in [-0.25, -0.2) is 4.98 Å². The first-order valence-electron chi connectivity index (χ1n) is 8.98. The van der Waals surface area contributed by atoms with E-state index in [2.05, 4.69) is 37.8 Å². The predicted octanol–water partition coefficient (Wildman–Crippen LogP) is 0.973. The van der Waals surface area contributed by atoms with E-state index in [1.807, 2.05) is 18.3 Å². The SMILES string of the molecule is CCc1nccn1CCN1CCN(CC(=O)NCc2ccco2)CC1. The average molecular weight is 345 g/mol. The van der Waals surface area contributed by atoms with E-state index < -0.39 is 0 Å². The molecule has 0 aliphatic carbocycles. The number of nitrogens with zero attached hydrogens (tertiary/aromatic N) is 4. The van der Waals surface area contributed by atoms with Crippen LogP contribution in [0.15, 0.2) is 35.2 Å². The highest BCUT2D eigenvalue weighted by atomic mass is 16.3. The van der Waals surface area contributed by atoms with Gasteiger partial charge < -0.3 is 14.3 Å². The minimum absolute atomic E-state index is 0.0517. The van der Waals surface area contributed by atoms with Crippen molar-refractivity contribution in [3.05, 3.63) is 42.4 Å². The number of nitrogens with one attached hydrogen (secondary N) is 1. The number of aryl methyl sites for hydroxylation is 1. The molecule has 1 fully saturated rings. The Balaban J connectivity index is 1.33. The molecule has 2 aromatic heterocycles. The fraction of sp³-hybridized carbons (Fsp3) is 0.556. The van der Waals surface area contributed by atoms with Crippen LogP contribution in [0.5, 0.6) is 0 Å². The van der Waals surface area contributed by atoms with Gasteiger partial charge in [0.05, 0.1) is 19.4 Å². The standard InChI is InChI=1S/C18H27N5O2/c1-2-17-19-5-6-23(17)12-11-21-7-9-22(10-8-21)15-18(24)20-14-16-4-3-13-25-16/h3-6,13H,2,7-12,14-15H2,1H3,(H,20,24). The molecule has 1 aliphatic rings. The van der Waals surface area contributed by atoms with Gasteiger partial charge in [0.1, 0.15) is 11.6 Å². The Kier molecular flexibility index (Phi) is 6.25. The number of hydrogen-bond acceptors (Lipinski definition) is 5. The molecule has 0 bridgehead atoms. The summed E-state index contributed by atoms with van der Waals surface area (Å²) in [5.41, 5.74) is 0. The Bertz CT molecular complexity index is 644. The molecule has 7 nitrogen and oxygen atoms in total. The van der Waals surface area contributed by atoms with Crippen LogP contribution >= 0.6 is 0 Å². The maximum atomic E-state index is 12.0. The van der Waals surface area contributed by atoms with E-state index in [1.54, 1.807) is 6.26 Å². The van der Waals surface area contributed by atoms with Crippen LogP contribution in [0.25, 0.3) is 0 Å². The predicted molar refractivity (Wildman–Crippen MR) is 95.0 cm³/mol. The fourth-order valence-corrected chi connectivity index (χ4v) is 3.14. The number of carbonyl (C=O) groups excluding carboxylic acids is 1. The molecule has 2 aromatic rings. The van der Waals surface area contributed by atoms with Gasteiger partial charge in [-0.1, -0.05) is 6.92 Å². The number of aromatic nitrogens is 2. The van der Waals surface area contributed by atoms with Crippen LogP contribution in [0, 0.1) is 0 Å². The second-order valence-corrected chi connectivity index (χ2v) is 6.36. The smallest absolute Gasteiger partial charge is 0.234 e. The van der Waals surface area contributed by atoms with Crippen molar-refractivity contribution in [1.29, 1.82) is 0 Å². The number of hydrogen-bond donors (Lipinski definition) is 1. The summed E-state index contributed by atoms with van der Waals surface area (Å²) in [5.74, 6) is 1.98. The zero-order valence-corrected chi connectivity index (χ0v) is 14.9. The minimum atomic E-state index is 0.0517. The molecule has 136 valence electrons. The van der Waals surface area contributed by atoms with Crippen LogP contribution in [-0.4, -0.2) is 64.5 Å². The van der Waals surface area contributed by atoms with Gasteiger partial charge in [-0.2, -0.15) is 0 Å². The number of furan rings is 1. The first kappa shape index (κ1) is 17.7. The van der Waals surface area contributed by atoms with Crippen molar-refractivity contribution in [3.8, 4) is 0 Å². The molecule has 0 spiro atoms. The van der Waals surface area contributed by atoms with Gasteiger partial charge in [0, 0.05) is 58.1 Å². The van der Waals surface area contributed by atoms with Crippen molar-refractivity contribution in [1.82, 2.24) is 24.7 Å². The third kappa shape index (κ3) is 5.17. The maximum absolute atomic E-state index is 12.0. The number of amides is 1. The second-order valence-electron chi connectivity index (χ2n) is 6.36. The van der Waals surface area contributed by atoms with Gasteiger partial charge in [-0.05, 0) is 12.1 Å². The summed E-state index contributed by atoms with van der Waals surface area (Å²) in [6.07, 6.45) is 6.51. The number of carbonyl (C=O) groups is 1. The Hall–Kier alpha value is -2.12. The van der Waals surface area contributed by atoms with Crippen molar-refractivity contribution in [2.24, 2.45) is 0 Å². The quantitative estimate of drug-likeness (QED) is 0.772. The molecular formula is C18H27N5O2. The molecular weight excluding hydrogens is 318 g/mol. The fourth-order valence-electron chi connectivity index (χ4n) is 3.14. The third-order valence-electron chi connectivity index (χ3n) is 4.65. The Morgan fingerprint density at radius 1 is 1.24 bits per heavy atom. The van der Waals surface area contributed by atoms with Gasteiger partial charge in [-0.3, -0.25) is 14.6 Å². The van der Waals surface area contributed by atoms with Crippen molar-refractivity contribution >= 4 is 5.91 Å². The zero-order valence-electron chi connectivity index (χ0n) is 14.9. The van der Waals surface area contributed by atoms with Gasteiger partial charge in [0.15, 0.2) is 0 Å². The third-order valence-corrected chi connectivity index (χ3v) is 4.65. The van der Waals surface area contributed by atoms with E-state index in [-0.39, 0.29) is 5.91 Å². The van der Waals surface area contributed by atoms with Crippen molar-refractivity contribution in [3.63, 3.8) is 0 Å². The van der Waals surface area contributed by atoms with Crippen LogP contribution in [0.3, 0.4) is 0 Å². The molecule has 3 heterocycles. The highest BCUT2D eigenvalue weighted by molar-refractivity contribution is 5.77. The summed E-state index contributed by atoms with van der Waals surface area (Å²) in [6.45, 7) is 8.91. The highest BCUT2D eigenvalue weighted by Gasteiger charge is 2.19. The van der Waals surface area contributed by atoms with Crippen molar-refractivity contribution in [2.45, 2.75) is 26.4 Å². The molecule has 0 radical (unpaired) electrons. The highest BCUT2D eigenvalue weighted by Crippen LogP contribution is 2.04. The van der Waals surface area contributed by atoms with Crippen molar-refractivity contribution < 1.29 is 9.21 Å². The second kappa shape index (κ2) is 8.82. The summed E-state index contributed by atoms with van der Waals surface area (Å²) in [5, 5.41) is 2.90. The van der Waals surface area contributed by atoms with E-state index >= 15 is 0 Å². The van der Waals surface area contributed by atoms with Gasteiger partial charge >= 0.3 is 0 Å². The Morgan fingerprint density at radius 2 is 2.04 bits per heavy atom. The van der Waals surface area contributed by atoms with E-state index in [4.69, 9.17) is 4.42 Å². The van der Waals surface area contributed by atoms with Gasteiger partial charge in [0.25, 0.3) is 0 Å². The van der Waals surface area contributed by atoms with Crippen molar-refractivity contribution in [2.75, 3.05) is 39.3 Å². The zero-order chi connectivity index (χ0) is 17.5. The first-order valence-corrected chi connectivity index (χ1v) is 8.98. The van der Waals surface area contributed by atoms with Gasteiger partial charge in [-0.15, -0.1) is 0 Å². The molecule has 1 amide bonds. The summed E-state index contributed by atoms with van der Waals surface area (Å²) in [6, 6.07) is 3.69. The largest absolute Gasteiger partial charge is 0.467 e. The van der Waals surface area contributed by atoms with E-state index in [0.29, 0.717) is 13.1 Å². The molecule has 1 aliphatic heterocycles. The average Bonchev–Trinajstić information content (AvgIpc) is 3.30. The molecule has 0 atom stereocenters. The summed E-state index contributed by atoms with van der Waals surface area (Å²) in [7, 11) is 0. The summed E-state index contributed by atoms with van der Waals surface area (Å²) < 4.78 is 7.45. The lowest BCUT2D eigenvalue weighted by molar-refractivity contribution is -0.122. The van der Waals surface area contributed by atoms with Crippen LogP contribution in [0.1, 0.15) is 18.5 Å². The molecule has 0 unspecified atom stereocenters. The first-order chi connectivity index (χ1) is 12.2. The number of imidazole rings is 1. The summed E-state index contributed by atoms with van der Waals surface area (Å²) >= 11 is 0. The lowest BCUT2D eigenvalue weighted by atomic mass is 10.3. The number of rotatable bonds is 8. The maximum Gasteiger partial charge on any atom is 0.234 e. The molecule has 1 N–H and O–H groups in total. The molecule has 7 heteroatoms. The minimum Gasteiger partial charge on any atom is -0.467 e. The molecule has 25 heavy (non-hydrogen) atoms. The molecule has 1 saturated heterocycles. The molecule has 3 rings (SSSR count). The normalized spacial score (nSPS) is 16.2. The Labute approximate surface area is 148 Å². The molecule has 0 saturated carbocycles. The van der Waals surface area contributed by atoms with Gasteiger partial charge in [0.2, 0.25) is 5.91 Å². The van der Waals surface area contributed by atoms with Crippen LogP contribution in [0.4, 0.5) is 0 Å². The monoisotopic (exact) mass is 345 g/mol. The topological polar surface area (TPSA) is 66.5 Å².